The standard InChI is InChI=1S/C26H27FN6O2/c1-18-7-8-21(30-26(34)23-5-4-6-25(27)31-23)14-24(18)33(28-3)17-19(2)20-13-22(16-29-15-20)32-9-11-35-12-10-32/h4-8,13-17H,3,9-12H2,1-2H3,(H,30,34)/b19-17+. The average molecular weight is 475 g/mol. The highest BCUT2D eigenvalue weighted by Crippen LogP contribution is 2.28. The number of hydrazone groups is 1. The lowest BCUT2D eigenvalue weighted by molar-refractivity contribution is 0.102. The molecule has 0 aliphatic carbocycles. The van der Waals surface area contributed by atoms with Gasteiger partial charge >= 0.3 is 0 Å². The lowest BCUT2D eigenvalue weighted by Gasteiger charge is -2.28. The van der Waals surface area contributed by atoms with Crippen LogP contribution in [0.4, 0.5) is 21.5 Å². The number of anilines is 3. The molecular weight excluding hydrogens is 447 g/mol. The van der Waals surface area contributed by atoms with Crippen molar-refractivity contribution in [2.75, 3.05) is 41.5 Å². The van der Waals surface area contributed by atoms with Crippen molar-refractivity contribution in [3.63, 3.8) is 0 Å². The van der Waals surface area contributed by atoms with Crippen LogP contribution in [0, 0.1) is 12.9 Å². The minimum atomic E-state index is -0.711. The van der Waals surface area contributed by atoms with Gasteiger partial charge in [0, 0.05) is 37.9 Å². The zero-order chi connectivity index (χ0) is 24.8. The van der Waals surface area contributed by atoms with Gasteiger partial charge < -0.3 is 15.0 Å². The van der Waals surface area contributed by atoms with Gasteiger partial charge in [0.2, 0.25) is 5.95 Å². The number of hydrogen-bond acceptors (Lipinski definition) is 7. The smallest absolute Gasteiger partial charge is 0.274 e. The van der Waals surface area contributed by atoms with Gasteiger partial charge in [-0.25, -0.2) is 9.99 Å². The molecule has 0 bridgehead atoms. The Kier molecular flexibility index (Phi) is 7.47. The number of halogens is 1. The second-order valence-electron chi connectivity index (χ2n) is 8.13. The number of nitrogens with zero attached hydrogens (tertiary/aromatic N) is 5. The third-order valence-electron chi connectivity index (χ3n) is 5.69. The summed E-state index contributed by atoms with van der Waals surface area (Å²) < 4.78 is 18.8. The van der Waals surface area contributed by atoms with Crippen molar-refractivity contribution in [2.45, 2.75) is 13.8 Å². The highest BCUT2D eigenvalue weighted by atomic mass is 19.1. The van der Waals surface area contributed by atoms with E-state index >= 15 is 0 Å². The molecule has 1 saturated heterocycles. The van der Waals surface area contributed by atoms with Gasteiger partial charge in [0.05, 0.1) is 30.8 Å². The van der Waals surface area contributed by atoms with E-state index in [0.717, 1.165) is 41.2 Å². The quantitative estimate of drug-likeness (QED) is 0.309. The molecule has 35 heavy (non-hydrogen) atoms. The van der Waals surface area contributed by atoms with Crippen LogP contribution >= 0.6 is 0 Å². The van der Waals surface area contributed by atoms with Crippen LogP contribution in [0.2, 0.25) is 0 Å². The summed E-state index contributed by atoms with van der Waals surface area (Å²) in [7, 11) is 0. The largest absolute Gasteiger partial charge is 0.378 e. The number of aryl methyl sites for hydroxylation is 1. The Balaban J connectivity index is 1.56. The van der Waals surface area contributed by atoms with E-state index in [1.165, 1.54) is 18.2 Å². The summed E-state index contributed by atoms with van der Waals surface area (Å²) in [5, 5.41) is 8.58. The van der Waals surface area contributed by atoms with Crippen LogP contribution in [0.5, 0.6) is 0 Å². The SMILES string of the molecule is C=NN(/C=C(\C)c1cncc(N2CCOCC2)c1)c1cc(NC(=O)c2cccc(F)n2)ccc1C. The van der Waals surface area contributed by atoms with E-state index in [0.29, 0.717) is 18.9 Å². The molecular formula is C26H27FN6O2. The maximum atomic E-state index is 13.4. The number of allylic oxidation sites excluding steroid dienone is 1. The molecule has 1 N–H and O–H groups in total. The third kappa shape index (κ3) is 5.88. The summed E-state index contributed by atoms with van der Waals surface area (Å²) in [6, 6.07) is 11.6. The number of carbonyl (C=O) groups excluding carboxylic acids is 1. The number of benzene rings is 1. The fourth-order valence-corrected chi connectivity index (χ4v) is 3.75. The molecule has 1 aliphatic rings. The number of nitrogens with one attached hydrogen (secondary N) is 1. The molecule has 4 rings (SSSR count). The van der Waals surface area contributed by atoms with Crippen molar-refractivity contribution in [3.8, 4) is 0 Å². The second kappa shape index (κ2) is 10.9. The normalized spacial score (nSPS) is 13.9. The van der Waals surface area contributed by atoms with E-state index in [1.54, 1.807) is 17.1 Å². The summed E-state index contributed by atoms with van der Waals surface area (Å²) in [6.45, 7) is 10.7. The molecule has 1 fully saturated rings. The van der Waals surface area contributed by atoms with Crippen molar-refractivity contribution in [3.05, 3.63) is 83.8 Å². The third-order valence-corrected chi connectivity index (χ3v) is 5.69. The van der Waals surface area contributed by atoms with E-state index in [1.807, 2.05) is 38.5 Å². The molecule has 1 aromatic carbocycles. The number of morpholine rings is 1. The van der Waals surface area contributed by atoms with Crippen molar-refractivity contribution in [1.82, 2.24) is 9.97 Å². The minimum Gasteiger partial charge on any atom is -0.378 e. The summed E-state index contributed by atoms with van der Waals surface area (Å²) >= 11 is 0. The van der Waals surface area contributed by atoms with E-state index in [-0.39, 0.29) is 5.69 Å². The molecule has 8 nitrogen and oxygen atoms in total. The van der Waals surface area contributed by atoms with E-state index in [9.17, 15) is 9.18 Å². The van der Waals surface area contributed by atoms with Gasteiger partial charge in [-0.3, -0.25) is 9.78 Å². The van der Waals surface area contributed by atoms with Crippen LogP contribution in [0.3, 0.4) is 0 Å². The summed E-state index contributed by atoms with van der Waals surface area (Å²) in [4.78, 5) is 22.8. The first-order valence-electron chi connectivity index (χ1n) is 11.2. The zero-order valence-electron chi connectivity index (χ0n) is 19.7. The first-order valence-corrected chi connectivity index (χ1v) is 11.2. The average Bonchev–Trinajstić information content (AvgIpc) is 2.89. The van der Waals surface area contributed by atoms with Crippen LogP contribution in [-0.2, 0) is 4.74 Å². The van der Waals surface area contributed by atoms with Gasteiger partial charge in [0.15, 0.2) is 0 Å². The number of amides is 1. The number of hydrogen-bond donors (Lipinski definition) is 1. The lowest BCUT2D eigenvalue weighted by Crippen LogP contribution is -2.36. The van der Waals surface area contributed by atoms with Gasteiger partial charge in [-0.1, -0.05) is 12.1 Å². The van der Waals surface area contributed by atoms with E-state index in [2.05, 4.69) is 38.1 Å². The van der Waals surface area contributed by atoms with Gasteiger partial charge in [0.25, 0.3) is 5.91 Å². The maximum Gasteiger partial charge on any atom is 0.274 e. The minimum absolute atomic E-state index is 0.00535. The van der Waals surface area contributed by atoms with Crippen molar-refractivity contribution in [1.29, 1.82) is 0 Å². The molecule has 0 unspecified atom stereocenters. The highest BCUT2D eigenvalue weighted by Gasteiger charge is 2.14. The van der Waals surface area contributed by atoms with Crippen LogP contribution in [-0.4, -0.2) is 48.9 Å². The Labute approximate surface area is 203 Å². The maximum absolute atomic E-state index is 13.4. The molecule has 1 aliphatic heterocycles. The van der Waals surface area contributed by atoms with Crippen LogP contribution < -0.4 is 15.2 Å². The number of carbonyl (C=O) groups is 1. The number of aromatic nitrogens is 2. The summed E-state index contributed by atoms with van der Waals surface area (Å²) in [5.41, 5.74) is 5.14. The summed E-state index contributed by atoms with van der Waals surface area (Å²) in [6.07, 6.45) is 5.54. The molecule has 2 aromatic heterocycles. The first kappa shape index (κ1) is 24.0. The Hall–Kier alpha value is -4.11. The zero-order valence-corrected chi connectivity index (χ0v) is 19.7. The fraction of sp³-hybridized carbons (Fsp3) is 0.231. The Morgan fingerprint density at radius 1 is 1.23 bits per heavy atom. The monoisotopic (exact) mass is 474 g/mol. The second-order valence-corrected chi connectivity index (χ2v) is 8.13. The van der Waals surface area contributed by atoms with Crippen LogP contribution in [0.25, 0.3) is 5.57 Å². The molecule has 3 heterocycles. The summed E-state index contributed by atoms with van der Waals surface area (Å²) in [5.74, 6) is -1.22. The number of pyridine rings is 2. The lowest BCUT2D eigenvalue weighted by atomic mass is 10.1. The fourth-order valence-electron chi connectivity index (χ4n) is 3.75. The van der Waals surface area contributed by atoms with Crippen molar-refractivity contribution in [2.24, 2.45) is 5.10 Å². The molecule has 0 atom stereocenters. The molecule has 3 aromatic rings. The molecule has 1 amide bonds. The highest BCUT2D eigenvalue weighted by molar-refractivity contribution is 6.03. The first-order chi connectivity index (χ1) is 16.9. The van der Waals surface area contributed by atoms with Gasteiger partial charge in [-0.05, 0) is 60.9 Å². The van der Waals surface area contributed by atoms with Crippen molar-refractivity contribution < 1.29 is 13.9 Å². The van der Waals surface area contributed by atoms with Gasteiger partial charge in [-0.2, -0.15) is 9.49 Å². The number of ether oxygens (including phenoxy) is 1. The number of rotatable bonds is 7. The van der Waals surface area contributed by atoms with E-state index < -0.39 is 11.9 Å². The molecule has 0 spiro atoms. The Morgan fingerprint density at radius 2 is 2.03 bits per heavy atom. The van der Waals surface area contributed by atoms with E-state index in [4.69, 9.17) is 4.74 Å². The van der Waals surface area contributed by atoms with Crippen LogP contribution in [0.15, 0.2) is 66.2 Å². The molecule has 9 heteroatoms. The predicted molar refractivity (Wildman–Crippen MR) is 136 cm³/mol. The van der Waals surface area contributed by atoms with Crippen LogP contribution in [0.1, 0.15) is 28.5 Å². The molecule has 180 valence electrons. The Bertz CT molecular complexity index is 1260. The molecule has 0 radical (unpaired) electrons. The topological polar surface area (TPSA) is 83.0 Å². The Morgan fingerprint density at radius 3 is 2.77 bits per heavy atom. The predicted octanol–water partition coefficient (Wildman–Crippen LogP) is 4.50. The van der Waals surface area contributed by atoms with Crippen molar-refractivity contribution >= 4 is 35.3 Å². The van der Waals surface area contributed by atoms with Gasteiger partial charge in [-0.15, -0.1) is 0 Å². The molecule has 0 saturated carbocycles. The van der Waals surface area contributed by atoms with Gasteiger partial charge in [0.1, 0.15) is 5.69 Å².